The second-order valence-electron chi connectivity index (χ2n) is 7.46. The van der Waals surface area contributed by atoms with E-state index in [-0.39, 0.29) is 29.8 Å². The summed E-state index contributed by atoms with van der Waals surface area (Å²) >= 11 is 0. The van der Waals surface area contributed by atoms with Crippen molar-refractivity contribution in [2.24, 2.45) is 13.0 Å². The van der Waals surface area contributed by atoms with Crippen molar-refractivity contribution in [3.8, 4) is 0 Å². The summed E-state index contributed by atoms with van der Waals surface area (Å²) < 4.78 is 6.90. The Kier molecular flexibility index (Phi) is 5.34. The van der Waals surface area contributed by atoms with Gasteiger partial charge in [-0.2, -0.15) is 5.10 Å². The van der Waals surface area contributed by atoms with Crippen LogP contribution in [0.25, 0.3) is 0 Å². The first-order valence-electron chi connectivity index (χ1n) is 9.24. The molecule has 2 aromatic heterocycles. The van der Waals surface area contributed by atoms with Gasteiger partial charge in [-0.3, -0.25) is 14.3 Å². The Morgan fingerprint density at radius 1 is 1.41 bits per heavy atom. The number of aryl methyl sites for hydroxylation is 3. The highest BCUT2D eigenvalue weighted by Gasteiger charge is 2.39. The number of hydrogen-bond acceptors (Lipinski definition) is 5. The van der Waals surface area contributed by atoms with E-state index >= 15 is 0 Å². The second-order valence-corrected chi connectivity index (χ2v) is 7.46. The van der Waals surface area contributed by atoms with Crippen LogP contribution in [0, 0.1) is 19.8 Å². The Hall–Kier alpha value is -2.64. The van der Waals surface area contributed by atoms with Gasteiger partial charge in [-0.05, 0) is 33.6 Å². The molecule has 3 unspecified atom stereocenters. The summed E-state index contributed by atoms with van der Waals surface area (Å²) in [6, 6.07) is -0.363. The molecule has 27 heavy (non-hydrogen) atoms. The third-order valence-electron chi connectivity index (χ3n) is 5.34. The monoisotopic (exact) mass is 373 g/mol. The zero-order valence-electron chi connectivity index (χ0n) is 16.5. The van der Waals surface area contributed by atoms with Gasteiger partial charge in [-0.15, -0.1) is 0 Å². The Bertz CT molecular complexity index is 821. The number of hydrogen-bond donors (Lipinski definition) is 1. The van der Waals surface area contributed by atoms with Crippen molar-refractivity contribution in [3.63, 3.8) is 0 Å². The van der Waals surface area contributed by atoms with Crippen LogP contribution in [0.2, 0.25) is 0 Å². The normalized spacial score (nSPS) is 21.4. The van der Waals surface area contributed by atoms with Crippen LogP contribution < -0.4 is 5.32 Å². The lowest BCUT2D eigenvalue weighted by Gasteiger charge is -2.38. The molecule has 0 bridgehead atoms. The molecule has 0 spiro atoms. The van der Waals surface area contributed by atoms with Gasteiger partial charge in [0.15, 0.2) is 0 Å². The van der Waals surface area contributed by atoms with E-state index in [4.69, 9.17) is 4.52 Å². The van der Waals surface area contributed by atoms with Crippen LogP contribution in [0.1, 0.15) is 48.4 Å². The fourth-order valence-electron chi connectivity index (χ4n) is 3.86. The van der Waals surface area contributed by atoms with Gasteiger partial charge < -0.3 is 14.7 Å². The molecule has 1 aliphatic heterocycles. The maximum atomic E-state index is 13.0. The second kappa shape index (κ2) is 7.54. The molecule has 3 atom stereocenters. The van der Waals surface area contributed by atoms with Crippen molar-refractivity contribution >= 4 is 11.8 Å². The van der Waals surface area contributed by atoms with Crippen molar-refractivity contribution in [1.82, 2.24) is 25.2 Å². The van der Waals surface area contributed by atoms with E-state index in [0.717, 1.165) is 22.6 Å². The average molecular weight is 373 g/mol. The molecule has 8 nitrogen and oxygen atoms in total. The minimum absolute atomic E-state index is 0.0394. The van der Waals surface area contributed by atoms with Crippen LogP contribution in [-0.4, -0.2) is 44.7 Å². The van der Waals surface area contributed by atoms with Crippen LogP contribution in [-0.2, 0) is 23.1 Å². The van der Waals surface area contributed by atoms with E-state index in [2.05, 4.69) is 15.6 Å². The standard InChI is InChI=1S/C19H27N5O3/c1-11(8-16-12(2)22-27-13(16)3)21-19(26)15-6-7-17(25)24(5)18(15)14-9-20-23(4)10-14/h9-11,15,18H,6-8H2,1-5H3,(H,21,26). The van der Waals surface area contributed by atoms with Crippen LogP contribution >= 0.6 is 0 Å². The summed E-state index contributed by atoms with van der Waals surface area (Å²) in [6.45, 7) is 5.76. The first-order chi connectivity index (χ1) is 12.8. The van der Waals surface area contributed by atoms with Gasteiger partial charge in [0.05, 0.1) is 23.9 Å². The van der Waals surface area contributed by atoms with Gasteiger partial charge in [0.1, 0.15) is 5.76 Å². The minimum atomic E-state index is -0.302. The SMILES string of the molecule is Cc1noc(C)c1CC(C)NC(=O)C1CCC(=O)N(C)C1c1cnn(C)c1. The quantitative estimate of drug-likeness (QED) is 0.861. The molecule has 0 saturated carbocycles. The molecule has 0 aromatic carbocycles. The molecule has 1 fully saturated rings. The van der Waals surface area contributed by atoms with E-state index in [1.807, 2.05) is 34.0 Å². The van der Waals surface area contributed by atoms with Gasteiger partial charge in [0.2, 0.25) is 11.8 Å². The molecule has 0 radical (unpaired) electrons. The summed E-state index contributed by atoms with van der Waals surface area (Å²) in [4.78, 5) is 26.9. The lowest BCUT2D eigenvalue weighted by molar-refractivity contribution is -0.141. The third kappa shape index (κ3) is 3.89. The summed E-state index contributed by atoms with van der Waals surface area (Å²) in [6.07, 6.45) is 5.17. The fraction of sp³-hybridized carbons (Fsp3) is 0.579. The molecule has 146 valence electrons. The van der Waals surface area contributed by atoms with E-state index in [1.165, 1.54) is 0 Å². The zero-order chi connectivity index (χ0) is 19.7. The lowest BCUT2D eigenvalue weighted by atomic mass is 9.85. The van der Waals surface area contributed by atoms with Crippen molar-refractivity contribution < 1.29 is 14.1 Å². The number of piperidine rings is 1. The highest BCUT2D eigenvalue weighted by molar-refractivity contribution is 5.85. The Labute approximate surface area is 158 Å². The average Bonchev–Trinajstić information content (AvgIpc) is 3.17. The fourth-order valence-corrected chi connectivity index (χ4v) is 3.86. The molecular weight excluding hydrogens is 346 g/mol. The molecule has 3 rings (SSSR count). The maximum Gasteiger partial charge on any atom is 0.225 e. The summed E-state index contributed by atoms with van der Waals surface area (Å²) in [5.41, 5.74) is 2.76. The van der Waals surface area contributed by atoms with Crippen molar-refractivity contribution in [3.05, 3.63) is 35.0 Å². The van der Waals surface area contributed by atoms with Crippen molar-refractivity contribution in [1.29, 1.82) is 0 Å². The summed E-state index contributed by atoms with van der Waals surface area (Å²) in [7, 11) is 3.58. The molecule has 2 amide bonds. The van der Waals surface area contributed by atoms with Crippen LogP contribution in [0.15, 0.2) is 16.9 Å². The van der Waals surface area contributed by atoms with Crippen molar-refractivity contribution in [2.45, 2.75) is 52.1 Å². The Morgan fingerprint density at radius 2 is 2.15 bits per heavy atom. The number of carbonyl (C=O) groups is 2. The first-order valence-corrected chi connectivity index (χ1v) is 9.24. The predicted octanol–water partition coefficient (Wildman–Crippen LogP) is 1.68. The molecule has 3 heterocycles. The first kappa shape index (κ1) is 19.1. The Balaban J connectivity index is 1.74. The number of likely N-dealkylation sites (tertiary alicyclic amines) is 1. The van der Waals surface area contributed by atoms with E-state index in [9.17, 15) is 9.59 Å². The van der Waals surface area contributed by atoms with Gasteiger partial charge >= 0.3 is 0 Å². The number of nitrogens with one attached hydrogen (secondary N) is 1. The van der Waals surface area contributed by atoms with E-state index in [0.29, 0.717) is 19.3 Å². The van der Waals surface area contributed by atoms with Crippen LogP contribution in [0.4, 0.5) is 0 Å². The minimum Gasteiger partial charge on any atom is -0.361 e. The smallest absolute Gasteiger partial charge is 0.225 e. The Morgan fingerprint density at radius 3 is 2.74 bits per heavy atom. The number of amides is 2. The molecule has 1 saturated heterocycles. The molecule has 2 aromatic rings. The highest BCUT2D eigenvalue weighted by atomic mass is 16.5. The van der Waals surface area contributed by atoms with Crippen LogP contribution in [0.5, 0.6) is 0 Å². The topological polar surface area (TPSA) is 93.3 Å². The number of nitrogens with zero attached hydrogens (tertiary/aromatic N) is 4. The predicted molar refractivity (Wildman–Crippen MR) is 98.7 cm³/mol. The van der Waals surface area contributed by atoms with Gasteiger partial charge in [0.25, 0.3) is 0 Å². The number of aromatic nitrogens is 3. The summed E-state index contributed by atoms with van der Waals surface area (Å²) in [5, 5.41) is 11.3. The zero-order valence-corrected chi connectivity index (χ0v) is 16.5. The largest absolute Gasteiger partial charge is 0.361 e. The summed E-state index contributed by atoms with van der Waals surface area (Å²) in [5.74, 6) is 0.494. The number of carbonyl (C=O) groups excluding carboxylic acids is 2. The molecule has 1 aliphatic rings. The highest BCUT2D eigenvalue weighted by Crippen LogP contribution is 2.35. The van der Waals surface area contributed by atoms with Crippen molar-refractivity contribution in [2.75, 3.05) is 7.05 Å². The number of rotatable bonds is 5. The van der Waals surface area contributed by atoms with Gasteiger partial charge in [-0.1, -0.05) is 5.16 Å². The lowest BCUT2D eigenvalue weighted by Crippen LogP contribution is -2.48. The van der Waals surface area contributed by atoms with Crippen LogP contribution in [0.3, 0.4) is 0 Å². The molecular formula is C19H27N5O3. The van der Waals surface area contributed by atoms with Gasteiger partial charge in [0, 0.05) is 43.9 Å². The van der Waals surface area contributed by atoms with Gasteiger partial charge in [-0.25, -0.2) is 0 Å². The van der Waals surface area contributed by atoms with E-state index in [1.54, 1.807) is 22.8 Å². The molecule has 0 aliphatic carbocycles. The third-order valence-corrected chi connectivity index (χ3v) is 5.34. The van der Waals surface area contributed by atoms with E-state index < -0.39 is 0 Å². The molecule has 1 N–H and O–H groups in total. The molecule has 8 heteroatoms. The maximum absolute atomic E-state index is 13.0.